The number of nitrogens with one attached hydrogen (secondary N) is 1. The van der Waals surface area contributed by atoms with E-state index in [1.54, 1.807) is 6.20 Å². The second-order valence-electron chi connectivity index (χ2n) is 7.09. The second-order valence-corrected chi connectivity index (χ2v) is 8.01. The van der Waals surface area contributed by atoms with Gasteiger partial charge in [-0.05, 0) is 62.3 Å². The van der Waals surface area contributed by atoms with Gasteiger partial charge in [0.15, 0.2) is 0 Å². The van der Waals surface area contributed by atoms with Gasteiger partial charge in [-0.15, -0.1) is 0 Å². The van der Waals surface area contributed by atoms with E-state index in [1.165, 1.54) is 0 Å². The Morgan fingerprint density at radius 2 is 1.97 bits per heavy atom. The molecule has 2 aromatic heterocycles. The summed E-state index contributed by atoms with van der Waals surface area (Å²) >= 11 is 3.39. The molecule has 0 radical (unpaired) electrons. The number of pyridine rings is 1. The number of halogens is 1. The molecule has 1 aromatic carbocycles. The van der Waals surface area contributed by atoms with Crippen molar-refractivity contribution in [1.82, 2.24) is 20.0 Å². The zero-order valence-corrected chi connectivity index (χ0v) is 17.5. The van der Waals surface area contributed by atoms with Crippen LogP contribution in [-0.2, 0) is 4.79 Å². The first-order valence-corrected chi connectivity index (χ1v) is 10.5. The molecular weight excluding hydrogens is 434 g/mol. The summed E-state index contributed by atoms with van der Waals surface area (Å²) < 4.78 is 6.47. The van der Waals surface area contributed by atoms with E-state index in [9.17, 15) is 4.79 Å². The largest absolute Gasteiger partial charge is 0.339 e. The highest BCUT2D eigenvalue weighted by atomic mass is 79.9. The average molecular weight is 456 g/mol. The smallest absolute Gasteiger partial charge is 0.230 e. The Morgan fingerprint density at radius 1 is 1.17 bits per heavy atom. The molecule has 4 rings (SSSR count). The zero-order valence-electron chi connectivity index (χ0n) is 15.9. The van der Waals surface area contributed by atoms with Gasteiger partial charge in [0.1, 0.15) is 5.69 Å². The van der Waals surface area contributed by atoms with E-state index >= 15 is 0 Å². The molecule has 7 nitrogen and oxygen atoms in total. The van der Waals surface area contributed by atoms with E-state index in [2.05, 4.69) is 41.3 Å². The van der Waals surface area contributed by atoms with E-state index in [4.69, 9.17) is 4.52 Å². The third-order valence-corrected chi connectivity index (χ3v) is 5.58. The molecule has 0 aliphatic carbocycles. The van der Waals surface area contributed by atoms with Gasteiger partial charge in [-0.2, -0.15) is 4.98 Å². The lowest BCUT2D eigenvalue weighted by atomic mass is 9.96. The van der Waals surface area contributed by atoms with Gasteiger partial charge in [-0.25, -0.2) is 0 Å². The minimum absolute atomic E-state index is 0.0337. The molecule has 150 valence electrons. The molecule has 8 heteroatoms. The van der Waals surface area contributed by atoms with Gasteiger partial charge in [0.05, 0.1) is 0 Å². The first-order chi connectivity index (χ1) is 14.2. The summed E-state index contributed by atoms with van der Waals surface area (Å²) in [6, 6.07) is 13.2. The maximum atomic E-state index is 12.2. The molecule has 1 fully saturated rings. The number of hydrogen-bond acceptors (Lipinski definition) is 6. The van der Waals surface area contributed by atoms with Crippen molar-refractivity contribution >= 4 is 27.5 Å². The number of aromatic nitrogens is 3. The average Bonchev–Trinajstić information content (AvgIpc) is 3.25. The van der Waals surface area contributed by atoms with Crippen molar-refractivity contribution in [3.63, 3.8) is 0 Å². The summed E-state index contributed by atoms with van der Waals surface area (Å²) in [4.78, 5) is 23.3. The first-order valence-electron chi connectivity index (χ1n) is 9.70. The minimum atomic E-state index is 0.0337. The summed E-state index contributed by atoms with van der Waals surface area (Å²) in [5.41, 5.74) is 1.54. The molecule has 0 bridgehead atoms. The molecule has 29 heavy (non-hydrogen) atoms. The first kappa shape index (κ1) is 19.7. The number of nitrogens with zero attached hydrogens (tertiary/aromatic N) is 4. The van der Waals surface area contributed by atoms with Gasteiger partial charge in [-0.1, -0.05) is 27.2 Å². The number of anilines is 1. The lowest BCUT2D eigenvalue weighted by molar-refractivity contribution is -0.116. The van der Waals surface area contributed by atoms with Crippen LogP contribution in [0.25, 0.3) is 11.5 Å². The van der Waals surface area contributed by atoms with Gasteiger partial charge < -0.3 is 14.7 Å². The number of carbonyl (C=O) groups is 1. The van der Waals surface area contributed by atoms with Crippen LogP contribution in [0.4, 0.5) is 5.69 Å². The Labute approximate surface area is 177 Å². The van der Waals surface area contributed by atoms with Crippen molar-refractivity contribution in [2.24, 2.45) is 0 Å². The Bertz CT molecular complexity index is 937. The molecule has 3 heterocycles. The summed E-state index contributed by atoms with van der Waals surface area (Å²) in [6.07, 6.45) is 4.08. The zero-order chi connectivity index (χ0) is 20.1. The second kappa shape index (κ2) is 9.28. The quantitative estimate of drug-likeness (QED) is 0.601. The number of hydrogen-bond donors (Lipinski definition) is 1. The Hall–Kier alpha value is -2.58. The lowest BCUT2D eigenvalue weighted by Crippen LogP contribution is -2.35. The van der Waals surface area contributed by atoms with Crippen LogP contribution in [0.2, 0.25) is 0 Å². The Balaban J connectivity index is 1.23. The molecule has 0 unspecified atom stereocenters. The van der Waals surface area contributed by atoms with Crippen LogP contribution in [0.3, 0.4) is 0 Å². The third kappa shape index (κ3) is 5.27. The monoisotopic (exact) mass is 455 g/mol. The lowest BCUT2D eigenvalue weighted by Gasteiger charge is -2.30. The topological polar surface area (TPSA) is 84.2 Å². The van der Waals surface area contributed by atoms with Crippen molar-refractivity contribution in [3.8, 4) is 11.5 Å². The molecule has 0 atom stereocenters. The van der Waals surface area contributed by atoms with Crippen molar-refractivity contribution in [2.75, 3.05) is 25.0 Å². The normalized spacial score (nSPS) is 15.3. The van der Waals surface area contributed by atoms with Crippen LogP contribution in [0, 0.1) is 0 Å². The highest BCUT2D eigenvalue weighted by molar-refractivity contribution is 9.10. The number of benzene rings is 1. The van der Waals surface area contributed by atoms with Crippen LogP contribution in [0.15, 0.2) is 57.7 Å². The fourth-order valence-electron chi connectivity index (χ4n) is 3.42. The van der Waals surface area contributed by atoms with Crippen LogP contribution < -0.4 is 5.32 Å². The highest BCUT2D eigenvalue weighted by Crippen LogP contribution is 2.28. The standard InChI is InChI=1S/C21H22BrN5O2/c22-16-4-6-17(7-5-16)24-19(28)10-14-27-12-8-15(9-13-27)21-25-20(26-29-21)18-3-1-2-11-23-18/h1-7,11,15H,8-10,12-14H2,(H,24,28). The number of rotatable bonds is 6. The van der Waals surface area contributed by atoms with E-state index in [1.807, 2.05) is 42.5 Å². The van der Waals surface area contributed by atoms with E-state index in [0.29, 0.717) is 18.1 Å². The number of carbonyl (C=O) groups excluding carboxylic acids is 1. The van der Waals surface area contributed by atoms with Crippen molar-refractivity contribution in [3.05, 3.63) is 59.0 Å². The van der Waals surface area contributed by atoms with Gasteiger partial charge >= 0.3 is 0 Å². The number of likely N-dealkylation sites (tertiary alicyclic amines) is 1. The molecule has 1 saturated heterocycles. The number of piperidine rings is 1. The fourth-order valence-corrected chi connectivity index (χ4v) is 3.68. The summed E-state index contributed by atoms with van der Waals surface area (Å²) in [7, 11) is 0. The molecular formula is C21H22BrN5O2. The fraction of sp³-hybridized carbons (Fsp3) is 0.333. The van der Waals surface area contributed by atoms with Crippen molar-refractivity contribution < 1.29 is 9.32 Å². The highest BCUT2D eigenvalue weighted by Gasteiger charge is 2.25. The predicted octanol–water partition coefficient (Wildman–Crippen LogP) is 4.10. The van der Waals surface area contributed by atoms with E-state index in [-0.39, 0.29) is 11.8 Å². The van der Waals surface area contributed by atoms with Gasteiger partial charge in [-0.3, -0.25) is 9.78 Å². The molecule has 3 aromatic rings. The van der Waals surface area contributed by atoms with E-state index in [0.717, 1.165) is 48.3 Å². The Morgan fingerprint density at radius 3 is 2.69 bits per heavy atom. The summed E-state index contributed by atoms with van der Waals surface area (Å²) in [5.74, 6) is 1.50. The molecule has 0 spiro atoms. The maximum Gasteiger partial charge on any atom is 0.230 e. The van der Waals surface area contributed by atoms with Gasteiger partial charge in [0.2, 0.25) is 17.6 Å². The molecule has 1 amide bonds. The summed E-state index contributed by atoms with van der Waals surface area (Å²) in [5, 5.41) is 7.00. The van der Waals surface area contributed by atoms with Gasteiger partial charge in [0, 0.05) is 35.2 Å². The molecule has 0 saturated carbocycles. The molecule has 1 aliphatic rings. The van der Waals surface area contributed by atoms with Crippen LogP contribution in [0.5, 0.6) is 0 Å². The molecule has 1 aliphatic heterocycles. The maximum absolute atomic E-state index is 12.2. The summed E-state index contributed by atoms with van der Waals surface area (Å²) in [6.45, 7) is 2.58. The van der Waals surface area contributed by atoms with Crippen LogP contribution >= 0.6 is 15.9 Å². The predicted molar refractivity (Wildman–Crippen MR) is 113 cm³/mol. The third-order valence-electron chi connectivity index (χ3n) is 5.06. The van der Waals surface area contributed by atoms with Crippen LogP contribution in [0.1, 0.15) is 31.1 Å². The van der Waals surface area contributed by atoms with Crippen molar-refractivity contribution in [1.29, 1.82) is 0 Å². The number of amides is 1. The van der Waals surface area contributed by atoms with Crippen LogP contribution in [-0.4, -0.2) is 45.6 Å². The van der Waals surface area contributed by atoms with Crippen molar-refractivity contribution in [2.45, 2.75) is 25.2 Å². The Kier molecular flexibility index (Phi) is 6.31. The van der Waals surface area contributed by atoms with Gasteiger partial charge in [0.25, 0.3) is 0 Å². The SMILES string of the molecule is O=C(CCN1CCC(c2nc(-c3ccccn3)no2)CC1)Nc1ccc(Br)cc1. The van der Waals surface area contributed by atoms with E-state index < -0.39 is 0 Å². The minimum Gasteiger partial charge on any atom is -0.339 e. The molecule has 1 N–H and O–H groups in total.